The highest BCUT2D eigenvalue weighted by Crippen LogP contribution is 2.48. The maximum absolute atomic E-state index is 14.5. The number of hydrogen-bond donors (Lipinski definition) is 0. The summed E-state index contributed by atoms with van der Waals surface area (Å²) in [7, 11) is -1.01. The first-order valence-electron chi connectivity index (χ1n) is 18.0. The summed E-state index contributed by atoms with van der Waals surface area (Å²) in [5.74, 6) is 2.76. The highest BCUT2D eigenvalue weighted by atomic mass is 28.3. The second kappa shape index (κ2) is 15.0. The summed E-state index contributed by atoms with van der Waals surface area (Å²) in [4.78, 5) is 12.3. The fraction of sp³-hybridized carbons (Fsp3) is 0.553. The third-order valence-electron chi connectivity index (χ3n) is 10.1. The quantitative estimate of drug-likeness (QED) is 0.0694. The van der Waals surface area contributed by atoms with E-state index in [1.807, 2.05) is 35.1 Å². The number of pyridine rings is 1. The lowest BCUT2D eigenvalue weighted by atomic mass is 9.79. The first kappa shape index (κ1) is 35.7. The minimum atomic E-state index is -1.24. The SMILES string of the molecule is COc1ccc(-c2ccc(-c3cnn4c(N(COCC[Si](C)(C)C)COCC[Si](C)(C)C)cc(C5CC6CCC(C6)C5)nc34)cn2)cc1F. The maximum Gasteiger partial charge on any atom is 0.165 e. The summed E-state index contributed by atoms with van der Waals surface area (Å²) in [6.07, 6.45) is 10.1. The van der Waals surface area contributed by atoms with Gasteiger partial charge in [-0.2, -0.15) is 9.61 Å². The molecule has 2 fully saturated rings. The molecule has 2 atom stereocenters. The van der Waals surface area contributed by atoms with Gasteiger partial charge < -0.3 is 19.1 Å². The number of benzene rings is 1. The third kappa shape index (κ3) is 8.97. The van der Waals surface area contributed by atoms with Crippen LogP contribution in [0, 0.1) is 17.7 Å². The predicted molar refractivity (Wildman–Crippen MR) is 201 cm³/mol. The second-order valence-electron chi connectivity index (χ2n) is 16.6. The lowest BCUT2D eigenvalue weighted by Gasteiger charge is -2.30. The molecule has 264 valence electrons. The van der Waals surface area contributed by atoms with E-state index in [1.54, 1.807) is 6.07 Å². The van der Waals surface area contributed by atoms with E-state index in [9.17, 15) is 4.39 Å². The van der Waals surface area contributed by atoms with Crippen molar-refractivity contribution in [2.24, 2.45) is 11.8 Å². The van der Waals surface area contributed by atoms with Crippen LogP contribution in [0.25, 0.3) is 28.0 Å². The van der Waals surface area contributed by atoms with Crippen molar-refractivity contribution in [3.8, 4) is 28.1 Å². The number of aromatic nitrogens is 4. The molecule has 2 unspecified atom stereocenters. The van der Waals surface area contributed by atoms with Crippen LogP contribution >= 0.6 is 0 Å². The minimum Gasteiger partial charge on any atom is -0.494 e. The van der Waals surface area contributed by atoms with Gasteiger partial charge in [0.05, 0.1) is 19.0 Å². The summed E-state index contributed by atoms with van der Waals surface area (Å²) < 4.78 is 34.2. The molecule has 0 amide bonds. The molecule has 0 spiro atoms. The normalized spacial score (nSPS) is 19.5. The number of methoxy groups -OCH3 is 1. The Bertz CT molecular complexity index is 1690. The van der Waals surface area contributed by atoms with Gasteiger partial charge in [-0.25, -0.2) is 9.37 Å². The van der Waals surface area contributed by atoms with Gasteiger partial charge in [0.25, 0.3) is 0 Å². The van der Waals surface area contributed by atoms with Crippen molar-refractivity contribution in [2.45, 2.75) is 89.4 Å². The number of hydrogen-bond acceptors (Lipinski definition) is 7. The molecule has 6 rings (SSSR count). The van der Waals surface area contributed by atoms with E-state index in [4.69, 9.17) is 29.3 Å². The Hall–Kier alpha value is -3.13. The lowest BCUT2D eigenvalue weighted by Crippen LogP contribution is -2.33. The second-order valence-corrected chi connectivity index (χ2v) is 27.8. The molecule has 3 heterocycles. The van der Waals surface area contributed by atoms with Crippen molar-refractivity contribution in [2.75, 3.05) is 38.7 Å². The molecule has 3 aromatic heterocycles. The van der Waals surface area contributed by atoms with Gasteiger partial charge in [0.15, 0.2) is 17.2 Å². The van der Waals surface area contributed by atoms with Gasteiger partial charge in [0.1, 0.15) is 19.3 Å². The fourth-order valence-electron chi connectivity index (χ4n) is 7.18. The monoisotopic (exact) mass is 703 g/mol. The van der Waals surface area contributed by atoms with Gasteiger partial charge in [-0.05, 0) is 67.5 Å². The van der Waals surface area contributed by atoms with Crippen molar-refractivity contribution in [3.05, 3.63) is 60.3 Å². The van der Waals surface area contributed by atoms with Gasteiger partial charge in [0, 0.05) is 69.9 Å². The zero-order chi connectivity index (χ0) is 34.8. The van der Waals surface area contributed by atoms with E-state index in [0.29, 0.717) is 30.6 Å². The molecular weight excluding hydrogens is 650 g/mol. The Balaban J connectivity index is 1.35. The maximum atomic E-state index is 14.5. The lowest BCUT2D eigenvalue weighted by molar-refractivity contribution is 0.0942. The van der Waals surface area contributed by atoms with Crippen molar-refractivity contribution >= 4 is 27.6 Å². The van der Waals surface area contributed by atoms with Crippen LogP contribution in [0.2, 0.25) is 51.4 Å². The zero-order valence-electron chi connectivity index (χ0n) is 30.5. The third-order valence-corrected chi connectivity index (χ3v) is 13.5. The van der Waals surface area contributed by atoms with Crippen LogP contribution in [0.4, 0.5) is 10.2 Å². The largest absolute Gasteiger partial charge is 0.494 e. The molecule has 2 bridgehead atoms. The van der Waals surface area contributed by atoms with Crippen LogP contribution in [0.3, 0.4) is 0 Å². The Morgan fingerprint density at radius 3 is 2.06 bits per heavy atom. The van der Waals surface area contributed by atoms with Crippen molar-refractivity contribution < 1.29 is 18.6 Å². The molecule has 0 saturated heterocycles. The number of fused-ring (bicyclic) bond motifs is 3. The van der Waals surface area contributed by atoms with E-state index in [0.717, 1.165) is 65.4 Å². The first-order valence-corrected chi connectivity index (χ1v) is 25.4. The van der Waals surface area contributed by atoms with Gasteiger partial charge in [-0.1, -0.05) is 58.2 Å². The summed E-state index contributed by atoms with van der Waals surface area (Å²) in [5.41, 5.74) is 5.15. The molecule has 2 aliphatic carbocycles. The number of ether oxygens (including phenoxy) is 3. The van der Waals surface area contributed by atoms with Crippen LogP contribution in [0.1, 0.15) is 43.7 Å². The minimum absolute atomic E-state index is 0.215. The number of anilines is 1. The first-order chi connectivity index (χ1) is 23.4. The number of nitrogens with zero attached hydrogens (tertiary/aromatic N) is 5. The molecule has 2 saturated carbocycles. The average Bonchev–Trinajstić information content (AvgIpc) is 3.64. The standard InChI is InChI=1S/C38H54FN5O3Si2/c1-45-36-13-11-29(21-33(36)39)34-12-10-30(23-40-34)32-24-41-44-37(22-35(42-38(32)44)31-19-27-8-9-28(18-27)20-31)43(25-46-14-16-48(2,3)4)26-47-15-17-49(5,6)7/h10-13,21-24,27-28,31H,8-9,14-20,25-26H2,1-7H3. The molecule has 2 aliphatic rings. The Morgan fingerprint density at radius 1 is 0.837 bits per heavy atom. The van der Waals surface area contributed by atoms with E-state index in [-0.39, 0.29) is 5.75 Å². The molecule has 8 nitrogen and oxygen atoms in total. The Morgan fingerprint density at radius 2 is 1.49 bits per heavy atom. The van der Waals surface area contributed by atoms with Gasteiger partial charge in [-0.3, -0.25) is 4.98 Å². The molecule has 0 N–H and O–H groups in total. The molecule has 0 radical (unpaired) electrons. The van der Waals surface area contributed by atoms with E-state index in [1.165, 1.54) is 45.3 Å². The van der Waals surface area contributed by atoms with Crippen molar-refractivity contribution in [1.29, 1.82) is 0 Å². The highest BCUT2D eigenvalue weighted by Gasteiger charge is 2.36. The Labute approximate surface area is 293 Å². The smallest absolute Gasteiger partial charge is 0.165 e. The van der Waals surface area contributed by atoms with Crippen LogP contribution in [-0.4, -0.2) is 69.5 Å². The number of rotatable bonds is 15. The predicted octanol–water partition coefficient (Wildman–Crippen LogP) is 9.33. The van der Waals surface area contributed by atoms with Crippen LogP contribution in [0.15, 0.2) is 48.8 Å². The van der Waals surface area contributed by atoms with Crippen LogP contribution in [-0.2, 0) is 9.47 Å². The molecule has 49 heavy (non-hydrogen) atoms. The molecule has 11 heteroatoms. The van der Waals surface area contributed by atoms with Crippen LogP contribution < -0.4 is 9.64 Å². The van der Waals surface area contributed by atoms with E-state index in [2.05, 4.69) is 50.2 Å². The summed E-state index contributed by atoms with van der Waals surface area (Å²) in [5, 5.41) is 4.91. The van der Waals surface area contributed by atoms with Gasteiger partial charge in [0.2, 0.25) is 0 Å². The fourth-order valence-corrected chi connectivity index (χ4v) is 8.69. The van der Waals surface area contributed by atoms with Gasteiger partial charge >= 0.3 is 0 Å². The molecule has 0 aliphatic heterocycles. The molecular formula is C38H54FN5O3Si2. The Kier molecular flexibility index (Phi) is 10.9. The zero-order valence-corrected chi connectivity index (χ0v) is 32.5. The van der Waals surface area contributed by atoms with E-state index >= 15 is 0 Å². The summed E-state index contributed by atoms with van der Waals surface area (Å²) in [6.45, 7) is 16.6. The summed E-state index contributed by atoms with van der Waals surface area (Å²) in [6, 6.07) is 13.3. The van der Waals surface area contributed by atoms with E-state index < -0.39 is 22.0 Å². The average molecular weight is 704 g/mol. The van der Waals surface area contributed by atoms with Crippen LogP contribution in [0.5, 0.6) is 5.75 Å². The molecule has 4 aromatic rings. The van der Waals surface area contributed by atoms with Crippen molar-refractivity contribution in [1.82, 2.24) is 19.6 Å². The number of halogens is 1. The summed E-state index contributed by atoms with van der Waals surface area (Å²) >= 11 is 0. The van der Waals surface area contributed by atoms with Gasteiger partial charge in [-0.15, -0.1) is 0 Å². The molecule has 1 aromatic carbocycles. The van der Waals surface area contributed by atoms with Crippen molar-refractivity contribution in [3.63, 3.8) is 0 Å². The highest BCUT2D eigenvalue weighted by molar-refractivity contribution is 6.76. The topological polar surface area (TPSA) is 74.0 Å².